The van der Waals surface area contributed by atoms with Crippen LogP contribution >= 0.6 is 0 Å². The van der Waals surface area contributed by atoms with E-state index < -0.39 is 10.5 Å². The normalized spacial score (nSPS) is 17.2. The van der Waals surface area contributed by atoms with Crippen LogP contribution in [0.2, 0.25) is 0 Å². The molecule has 1 aromatic carbocycles. The molecule has 80 valence electrons. The van der Waals surface area contributed by atoms with E-state index in [1.54, 1.807) is 12.1 Å². The summed E-state index contributed by atoms with van der Waals surface area (Å²) in [6, 6.07) is 4.87. The van der Waals surface area contributed by atoms with E-state index in [9.17, 15) is 10.1 Å². The van der Waals surface area contributed by atoms with E-state index in [1.807, 2.05) is 13.8 Å². The summed E-state index contributed by atoms with van der Waals surface area (Å²) < 4.78 is 5.61. The molecule has 0 radical (unpaired) electrons. The van der Waals surface area contributed by atoms with E-state index in [4.69, 9.17) is 4.74 Å². The lowest BCUT2D eigenvalue weighted by molar-refractivity contribution is -0.386. The number of nitro groups is 1. The van der Waals surface area contributed by atoms with Gasteiger partial charge in [-0.3, -0.25) is 10.1 Å². The zero-order valence-electron chi connectivity index (χ0n) is 8.61. The van der Waals surface area contributed by atoms with Crippen molar-refractivity contribution >= 4 is 11.4 Å². The summed E-state index contributed by atoms with van der Waals surface area (Å²) in [5.74, 6) is 0.332. The third kappa shape index (κ3) is 1.72. The number of hydrogen-bond donors (Lipinski definition) is 1. The lowest BCUT2D eigenvalue weighted by atomic mass is 10.1. The van der Waals surface area contributed by atoms with Gasteiger partial charge in [-0.15, -0.1) is 0 Å². The van der Waals surface area contributed by atoms with Gasteiger partial charge >= 0.3 is 5.69 Å². The fourth-order valence-corrected chi connectivity index (χ4v) is 1.54. The monoisotopic (exact) mass is 208 g/mol. The quantitative estimate of drug-likeness (QED) is 0.567. The molecule has 0 saturated heterocycles. The maximum Gasteiger partial charge on any atom is 0.313 e. The van der Waals surface area contributed by atoms with Crippen molar-refractivity contribution in [3.63, 3.8) is 0 Å². The second-order valence-electron chi connectivity index (χ2n) is 4.13. The molecule has 0 atom stereocenters. The molecule has 0 unspecified atom stereocenters. The van der Waals surface area contributed by atoms with Gasteiger partial charge < -0.3 is 10.1 Å². The summed E-state index contributed by atoms with van der Waals surface area (Å²) >= 11 is 0. The lowest BCUT2D eigenvalue weighted by Crippen LogP contribution is -2.40. The zero-order valence-corrected chi connectivity index (χ0v) is 8.61. The van der Waals surface area contributed by atoms with Gasteiger partial charge in [0.05, 0.1) is 17.2 Å². The van der Waals surface area contributed by atoms with Gasteiger partial charge in [0.15, 0.2) is 0 Å². The minimum Gasteiger partial charge on any atom is -0.477 e. The van der Waals surface area contributed by atoms with Gasteiger partial charge in [0.25, 0.3) is 0 Å². The van der Waals surface area contributed by atoms with Crippen molar-refractivity contribution in [1.82, 2.24) is 0 Å². The summed E-state index contributed by atoms with van der Waals surface area (Å²) in [6.45, 7) is 4.42. The average molecular weight is 208 g/mol. The van der Waals surface area contributed by atoms with Crippen molar-refractivity contribution in [1.29, 1.82) is 0 Å². The van der Waals surface area contributed by atoms with E-state index in [2.05, 4.69) is 5.32 Å². The highest BCUT2D eigenvalue weighted by molar-refractivity contribution is 5.67. The largest absolute Gasteiger partial charge is 0.477 e. The summed E-state index contributed by atoms with van der Waals surface area (Å²) in [4.78, 5) is 10.4. The number of ether oxygens (including phenoxy) is 1. The smallest absolute Gasteiger partial charge is 0.313 e. The Labute approximate surface area is 87.2 Å². The van der Waals surface area contributed by atoms with Crippen molar-refractivity contribution in [3.8, 4) is 5.75 Å². The van der Waals surface area contributed by atoms with Crippen molar-refractivity contribution in [2.24, 2.45) is 0 Å². The van der Waals surface area contributed by atoms with Crippen molar-refractivity contribution in [3.05, 3.63) is 28.3 Å². The second kappa shape index (κ2) is 3.12. The predicted molar refractivity (Wildman–Crippen MR) is 56.3 cm³/mol. The van der Waals surface area contributed by atoms with Crippen molar-refractivity contribution in [2.75, 3.05) is 11.9 Å². The molecule has 15 heavy (non-hydrogen) atoms. The van der Waals surface area contributed by atoms with Crippen LogP contribution in [0.25, 0.3) is 0 Å². The molecular formula is C10H12N2O3. The number of nitrogens with one attached hydrogen (secondary N) is 1. The Balaban J connectivity index is 2.50. The van der Waals surface area contributed by atoms with Crippen LogP contribution in [-0.2, 0) is 0 Å². The van der Waals surface area contributed by atoms with Crippen LogP contribution in [0.5, 0.6) is 5.75 Å². The van der Waals surface area contributed by atoms with Crippen molar-refractivity contribution < 1.29 is 9.66 Å². The number of hydrogen-bond acceptors (Lipinski definition) is 4. The third-order valence-electron chi connectivity index (χ3n) is 2.27. The maximum atomic E-state index is 10.8. The van der Waals surface area contributed by atoms with Gasteiger partial charge in [0.1, 0.15) is 5.60 Å². The Morgan fingerprint density at radius 3 is 2.93 bits per heavy atom. The first-order chi connectivity index (χ1) is 6.99. The van der Waals surface area contributed by atoms with Crippen LogP contribution in [0, 0.1) is 10.1 Å². The topological polar surface area (TPSA) is 64.4 Å². The molecule has 2 rings (SSSR count). The van der Waals surface area contributed by atoms with Gasteiger partial charge in [-0.05, 0) is 19.9 Å². The van der Waals surface area contributed by atoms with Crippen LogP contribution in [0.1, 0.15) is 13.8 Å². The number of benzene rings is 1. The molecule has 0 spiro atoms. The maximum absolute atomic E-state index is 10.8. The minimum atomic E-state index is -0.429. The fraction of sp³-hybridized carbons (Fsp3) is 0.400. The van der Waals surface area contributed by atoms with Gasteiger partial charge in [-0.25, -0.2) is 0 Å². The average Bonchev–Trinajstić information content (AvgIpc) is 2.15. The standard InChI is InChI=1S/C10H12N2O3/c1-10(2)6-11-7-4-3-5-8(12(13)14)9(7)15-10/h3-5,11H,6H2,1-2H3. The van der Waals surface area contributed by atoms with E-state index in [0.717, 1.165) is 0 Å². The molecule has 0 saturated carbocycles. The Hall–Kier alpha value is -1.78. The van der Waals surface area contributed by atoms with Gasteiger partial charge in [0.2, 0.25) is 5.75 Å². The van der Waals surface area contributed by atoms with Crippen LogP contribution in [0.3, 0.4) is 0 Å². The van der Waals surface area contributed by atoms with E-state index in [0.29, 0.717) is 18.0 Å². The highest BCUT2D eigenvalue weighted by atomic mass is 16.6. The van der Waals surface area contributed by atoms with Crippen LogP contribution in [0.4, 0.5) is 11.4 Å². The van der Waals surface area contributed by atoms with E-state index in [1.165, 1.54) is 6.07 Å². The number of fused-ring (bicyclic) bond motifs is 1. The molecule has 1 aliphatic rings. The highest BCUT2D eigenvalue weighted by Gasteiger charge is 2.31. The predicted octanol–water partition coefficient (Wildman–Crippen LogP) is 2.18. The first-order valence-electron chi connectivity index (χ1n) is 4.70. The molecule has 5 heteroatoms. The third-order valence-corrected chi connectivity index (χ3v) is 2.27. The summed E-state index contributed by atoms with van der Waals surface area (Å²) in [5.41, 5.74) is 0.273. The first kappa shape index (κ1) is 9.76. The SMILES string of the molecule is CC1(C)CNc2cccc([N+](=O)[O-])c2O1. The lowest BCUT2D eigenvalue weighted by Gasteiger charge is -2.32. The Morgan fingerprint density at radius 1 is 1.53 bits per heavy atom. The van der Waals surface area contributed by atoms with E-state index in [-0.39, 0.29) is 5.69 Å². The Morgan fingerprint density at radius 2 is 2.27 bits per heavy atom. The van der Waals surface area contributed by atoms with Crippen LogP contribution < -0.4 is 10.1 Å². The molecule has 1 N–H and O–H groups in total. The molecule has 0 aromatic heterocycles. The molecular weight excluding hydrogens is 196 g/mol. The summed E-state index contributed by atoms with van der Waals surface area (Å²) in [5, 5.41) is 13.9. The molecule has 1 aliphatic heterocycles. The van der Waals surface area contributed by atoms with E-state index >= 15 is 0 Å². The Kier molecular flexibility index (Phi) is 2.03. The number of para-hydroxylation sites is 1. The van der Waals surface area contributed by atoms with Crippen molar-refractivity contribution in [2.45, 2.75) is 19.4 Å². The summed E-state index contributed by atoms with van der Waals surface area (Å²) in [7, 11) is 0. The Bertz CT molecular complexity index is 415. The van der Waals surface area contributed by atoms with Crippen LogP contribution in [0.15, 0.2) is 18.2 Å². The number of nitro benzene ring substituents is 1. The molecule has 1 aromatic rings. The minimum absolute atomic E-state index is 0.00720. The van der Waals surface area contributed by atoms with Gasteiger partial charge in [-0.1, -0.05) is 6.07 Å². The van der Waals surface area contributed by atoms with Crippen LogP contribution in [-0.4, -0.2) is 17.1 Å². The highest BCUT2D eigenvalue weighted by Crippen LogP contribution is 2.40. The fourth-order valence-electron chi connectivity index (χ4n) is 1.54. The second-order valence-corrected chi connectivity index (χ2v) is 4.13. The molecule has 1 heterocycles. The number of rotatable bonds is 1. The molecule has 0 fully saturated rings. The molecule has 0 amide bonds. The zero-order chi connectivity index (χ0) is 11.1. The first-order valence-corrected chi connectivity index (χ1v) is 4.70. The number of nitrogens with zero attached hydrogens (tertiary/aromatic N) is 1. The van der Waals surface area contributed by atoms with Gasteiger partial charge in [-0.2, -0.15) is 0 Å². The molecule has 0 aliphatic carbocycles. The molecule has 0 bridgehead atoms. The van der Waals surface area contributed by atoms with Gasteiger partial charge in [0, 0.05) is 6.07 Å². The summed E-state index contributed by atoms with van der Waals surface area (Å²) in [6.07, 6.45) is 0. The number of anilines is 1. The molecule has 5 nitrogen and oxygen atoms in total.